The quantitative estimate of drug-likeness (QED) is 0.777. The minimum absolute atomic E-state index is 0.222. The molecule has 0 spiro atoms. The van der Waals surface area contributed by atoms with Crippen LogP contribution in [0, 0.1) is 0 Å². The number of benzene rings is 1. The third-order valence-corrected chi connectivity index (χ3v) is 2.31. The second kappa shape index (κ2) is 4.86. The van der Waals surface area contributed by atoms with Crippen molar-refractivity contribution in [1.82, 2.24) is 5.32 Å². The van der Waals surface area contributed by atoms with Gasteiger partial charge < -0.3 is 10.1 Å². The highest BCUT2D eigenvalue weighted by atomic mass is 35.5. The lowest BCUT2D eigenvalue weighted by Crippen LogP contribution is -2.22. The number of carbonyl (C=O) groups excluding carboxylic acids is 1. The number of hydrogen-bond acceptors (Lipinski definition) is 2. The SMILES string of the molecule is CNC(=O)C(Cl)c1cccc(OC)c1. The number of nitrogens with one attached hydrogen (secondary N) is 1. The Morgan fingerprint density at radius 2 is 2.29 bits per heavy atom. The predicted molar refractivity (Wildman–Crippen MR) is 55.7 cm³/mol. The minimum Gasteiger partial charge on any atom is -0.497 e. The first-order valence-corrected chi connectivity index (χ1v) is 4.62. The lowest BCUT2D eigenvalue weighted by molar-refractivity contribution is -0.120. The number of amides is 1. The molecule has 3 nitrogen and oxygen atoms in total. The first-order chi connectivity index (χ1) is 6.69. The van der Waals surface area contributed by atoms with E-state index in [4.69, 9.17) is 16.3 Å². The van der Waals surface area contributed by atoms with Crippen molar-refractivity contribution in [2.45, 2.75) is 5.38 Å². The summed E-state index contributed by atoms with van der Waals surface area (Å²) < 4.78 is 5.03. The van der Waals surface area contributed by atoms with Crippen molar-refractivity contribution in [2.24, 2.45) is 0 Å². The summed E-state index contributed by atoms with van der Waals surface area (Å²) in [6.07, 6.45) is 0. The molecule has 1 N–H and O–H groups in total. The molecule has 1 amide bonds. The molecule has 1 unspecified atom stereocenters. The standard InChI is InChI=1S/C10H12ClNO2/c1-12-10(13)9(11)7-4-3-5-8(6-7)14-2/h3-6,9H,1-2H3,(H,12,13). The van der Waals surface area contributed by atoms with Gasteiger partial charge in [0.15, 0.2) is 0 Å². The lowest BCUT2D eigenvalue weighted by atomic mass is 10.1. The van der Waals surface area contributed by atoms with E-state index in [9.17, 15) is 4.79 Å². The Morgan fingerprint density at radius 1 is 1.57 bits per heavy atom. The summed E-state index contributed by atoms with van der Waals surface area (Å²) in [5, 5.41) is 1.82. The third kappa shape index (κ3) is 2.39. The van der Waals surface area contributed by atoms with Gasteiger partial charge in [0.2, 0.25) is 5.91 Å². The Morgan fingerprint density at radius 3 is 2.86 bits per heavy atom. The maximum Gasteiger partial charge on any atom is 0.242 e. The molecule has 0 aromatic heterocycles. The Labute approximate surface area is 88.0 Å². The molecule has 1 atom stereocenters. The normalized spacial score (nSPS) is 11.9. The highest BCUT2D eigenvalue weighted by Gasteiger charge is 2.16. The Balaban J connectivity index is 2.89. The zero-order valence-corrected chi connectivity index (χ0v) is 8.84. The molecule has 0 aliphatic rings. The number of ether oxygens (including phenoxy) is 1. The fourth-order valence-electron chi connectivity index (χ4n) is 1.08. The fourth-order valence-corrected chi connectivity index (χ4v) is 1.32. The number of alkyl halides is 1. The van der Waals surface area contributed by atoms with Crippen molar-refractivity contribution >= 4 is 17.5 Å². The van der Waals surface area contributed by atoms with Crippen LogP contribution in [-0.4, -0.2) is 20.1 Å². The molecular formula is C10H12ClNO2. The summed E-state index contributed by atoms with van der Waals surface area (Å²) in [7, 11) is 3.13. The first-order valence-electron chi connectivity index (χ1n) is 4.18. The van der Waals surface area contributed by atoms with Crippen molar-refractivity contribution in [3.63, 3.8) is 0 Å². The molecule has 0 saturated heterocycles. The Hall–Kier alpha value is -1.22. The zero-order valence-electron chi connectivity index (χ0n) is 8.08. The number of likely N-dealkylation sites (N-methyl/N-ethyl adjacent to an activating group) is 1. The van der Waals surface area contributed by atoms with Crippen molar-refractivity contribution in [2.75, 3.05) is 14.2 Å². The highest BCUT2D eigenvalue weighted by molar-refractivity contribution is 6.30. The molecular weight excluding hydrogens is 202 g/mol. The Bertz CT molecular complexity index is 328. The van der Waals surface area contributed by atoms with Gasteiger partial charge >= 0.3 is 0 Å². The molecule has 76 valence electrons. The van der Waals surface area contributed by atoms with E-state index in [2.05, 4.69) is 5.32 Å². The molecule has 0 fully saturated rings. The van der Waals surface area contributed by atoms with Gasteiger partial charge in [-0.1, -0.05) is 12.1 Å². The summed E-state index contributed by atoms with van der Waals surface area (Å²) >= 11 is 5.92. The molecule has 0 aliphatic carbocycles. The van der Waals surface area contributed by atoms with E-state index in [1.807, 2.05) is 0 Å². The summed E-state index contributed by atoms with van der Waals surface area (Å²) in [6, 6.07) is 7.13. The van der Waals surface area contributed by atoms with Crippen molar-refractivity contribution < 1.29 is 9.53 Å². The molecule has 4 heteroatoms. The molecule has 0 heterocycles. The molecule has 0 bridgehead atoms. The van der Waals surface area contributed by atoms with Gasteiger partial charge in [-0.05, 0) is 17.7 Å². The van der Waals surface area contributed by atoms with Crippen LogP contribution in [0.4, 0.5) is 0 Å². The second-order valence-electron chi connectivity index (χ2n) is 2.75. The van der Waals surface area contributed by atoms with Gasteiger partial charge in [-0.2, -0.15) is 0 Å². The average Bonchev–Trinajstić information content (AvgIpc) is 2.27. The lowest BCUT2D eigenvalue weighted by Gasteiger charge is -2.09. The van der Waals surface area contributed by atoms with Gasteiger partial charge in [-0.15, -0.1) is 11.6 Å². The summed E-state index contributed by atoms with van der Waals surface area (Å²) in [4.78, 5) is 11.2. The van der Waals surface area contributed by atoms with E-state index in [1.165, 1.54) is 0 Å². The van der Waals surface area contributed by atoms with Crippen LogP contribution >= 0.6 is 11.6 Å². The zero-order chi connectivity index (χ0) is 10.6. The van der Waals surface area contributed by atoms with Crippen LogP contribution in [0.5, 0.6) is 5.75 Å². The van der Waals surface area contributed by atoms with Crippen LogP contribution in [0.3, 0.4) is 0 Å². The van der Waals surface area contributed by atoms with Crippen molar-refractivity contribution in [3.05, 3.63) is 29.8 Å². The minimum atomic E-state index is -0.671. The van der Waals surface area contributed by atoms with E-state index < -0.39 is 5.38 Å². The largest absolute Gasteiger partial charge is 0.497 e. The number of hydrogen-bond donors (Lipinski definition) is 1. The van der Waals surface area contributed by atoms with E-state index in [1.54, 1.807) is 38.4 Å². The van der Waals surface area contributed by atoms with Crippen LogP contribution in [0.25, 0.3) is 0 Å². The fraction of sp³-hybridized carbons (Fsp3) is 0.300. The van der Waals surface area contributed by atoms with Crippen molar-refractivity contribution in [3.8, 4) is 5.75 Å². The number of methoxy groups -OCH3 is 1. The monoisotopic (exact) mass is 213 g/mol. The van der Waals surface area contributed by atoms with E-state index in [0.29, 0.717) is 5.75 Å². The maximum atomic E-state index is 11.2. The second-order valence-corrected chi connectivity index (χ2v) is 3.19. The van der Waals surface area contributed by atoms with Crippen LogP contribution in [0.15, 0.2) is 24.3 Å². The van der Waals surface area contributed by atoms with Crippen LogP contribution in [-0.2, 0) is 4.79 Å². The molecule has 1 aromatic carbocycles. The summed E-state index contributed by atoms with van der Waals surface area (Å²) in [5.41, 5.74) is 0.727. The Kier molecular flexibility index (Phi) is 3.77. The van der Waals surface area contributed by atoms with Gasteiger partial charge in [0.05, 0.1) is 7.11 Å². The maximum absolute atomic E-state index is 11.2. The van der Waals surface area contributed by atoms with Gasteiger partial charge in [0.25, 0.3) is 0 Å². The van der Waals surface area contributed by atoms with Gasteiger partial charge in [0, 0.05) is 7.05 Å². The molecule has 14 heavy (non-hydrogen) atoms. The van der Waals surface area contributed by atoms with Crippen LogP contribution in [0.2, 0.25) is 0 Å². The summed E-state index contributed by atoms with van der Waals surface area (Å²) in [5.74, 6) is 0.469. The topological polar surface area (TPSA) is 38.3 Å². The smallest absolute Gasteiger partial charge is 0.242 e. The van der Waals surface area contributed by atoms with Crippen molar-refractivity contribution in [1.29, 1.82) is 0 Å². The van der Waals surface area contributed by atoms with Gasteiger partial charge in [-0.3, -0.25) is 4.79 Å². The number of carbonyl (C=O) groups is 1. The average molecular weight is 214 g/mol. The number of rotatable bonds is 3. The third-order valence-electron chi connectivity index (χ3n) is 1.86. The molecule has 0 saturated carbocycles. The molecule has 0 radical (unpaired) electrons. The van der Waals surface area contributed by atoms with E-state index >= 15 is 0 Å². The van der Waals surface area contributed by atoms with Crippen LogP contribution < -0.4 is 10.1 Å². The molecule has 1 aromatic rings. The van der Waals surface area contributed by atoms with Gasteiger partial charge in [0.1, 0.15) is 11.1 Å². The molecule has 0 aliphatic heterocycles. The highest BCUT2D eigenvalue weighted by Crippen LogP contribution is 2.23. The number of halogens is 1. The van der Waals surface area contributed by atoms with Gasteiger partial charge in [-0.25, -0.2) is 0 Å². The summed E-state index contributed by atoms with van der Waals surface area (Å²) in [6.45, 7) is 0. The van der Waals surface area contributed by atoms with E-state index in [0.717, 1.165) is 5.56 Å². The molecule has 1 rings (SSSR count). The predicted octanol–water partition coefficient (Wildman–Crippen LogP) is 1.72. The van der Waals surface area contributed by atoms with Crippen LogP contribution in [0.1, 0.15) is 10.9 Å². The van der Waals surface area contributed by atoms with E-state index in [-0.39, 0.29) is 5.91 Å². The first kappa shape index (κ1) is 10.9.